The first-order valence-corrected chi connectivity index (χ1v) is 6.20. The van der Waals surface area contributed by atoms with Gasteiger partial charge in [0, 0.05) is 5.56 Å². The molecule has 2 rings (SSSR count). The average molecular weight is 276 g/mol. The normalized spacial score (nSPS) is 12.6. The third kappa shape index (κ3) is 2.26. The standard InChI is InChI=1S/C11H7F3O3S/c12-11(13,14)18(15,16)17-10-7-6-8-4-2-1-3-5-9(8)10/h1-7H. The van der Waals surface area contributed by atoms with Crippen LogP contribution in [0.15, 0.2) is 42.5 Å². The molecule has 0 unspecified atom stereocenters. The first-order valence-electron chi connectivity index (χ1n) is 4.80. The van der Waals surface area contributed by atoms with Crippen molar-refractivity contribution in [2.24, 2.45) is 0 Å². The fraction of sp³-hybridized carbons (Fsp3) is 0.0909. The summed E-state index contributed by atoms with van der Waals surface area (Å²) in [5.74, 6) is -0.335. The Morgan fingerprint density at radius 3 is 2.28 bits per heavy atom. The smallest absolute Gasteiger partial charge is 0.375 e. The van der Waals surface area contributed by atoms with Gasteiger partial charge in [-0.05, 0) is 11.6 Å². The van der Waals surface area contributed by atoms with Gasteiger partial charge in [0.1, 0.15) is 0 Å². The molecule has 18 heavy (non-hydrogen) atoms. The second-order valence-corrected chi connectivity index (χ2v) is 5.00. The van der Waals surface area contributed by atoms with Crippen LogP contribution in [-0.2, 0) is 10.1 Å². The van der Waals surface area contributed by atoms with E-state index in [2.05, 4.69) is 4.18 Å². The highest BCUT2D eigenvalue weighted by atomic mass is 32.2. The van der Waals surface area contributed by atoms with E-state index in [-0.39, 0.29) is 5.75 Å². The minimum atomic E-state index is -5.63. The van der Waals surface area contributed by atoms with E-state index in [0.717, 1.165) is 0 Å². The van der Waals surface area contributed by atoms with Crippen LogP contribution < -0.4 is 4.18 Å². The highest BCUT2D eigenvalue weighted by molar-refractivity contribution is 7.88. The minimum absolute atomic E-state index is 0.299. The van der Waals surface area contributed by atoms with Crippen LogP contribution in [0.3, 0.4) is 0 Å². The summed E-state index contributed by atoms with van der Waals surface area (Å²) in [5, 5.41) is 0. The number of alkyl halides is 3. The van der Waals surface area contributed by atoms with Crippen molar-refractivity contribution in [2.75, 3.05) is 0 Å². The van der Waals surface area contributed by atoms with Gasteiger partial charge in [-0.2, -0.15) is 21.6 Å². The molecule has 3 nitrogen and oxygen atoms in total. The molecule has 0 bridgehead atoms. The predicted octanol–water partition coefficient (Wildman–Crippen LogP) is 3.02. The van der Waals surface area contributed by atoms with E-state index in [4.69, 9.17) is 0 Å². The fourth-order valence-corrected chi connectivity index (χ4v) is 1.90. The molecule has 0 N–H and O–H groups in total. The van der Waals surface area contributed by atoms with Crippen molar-refractivity contribution in [2.45, 2.75) is 5.51 Å². The van der Waals surface area contributed by atoms with Gasteiger partial charge < -0.3 is 4.18 Å². The van der Waals surface area contributed by atoms with Gasteiger partial charge in [0.2, 0.25) is 0 Å². The molecular weight excluding hydrogens is 269 g/mol. The van der Waals surface area contributed by atoms with Crippen LogP contribution in [-0.4, -0.2) is 13.9 Å². The minimum Gasteiger partial charge on any atom is -0.375 e. The summed E-state index contributed by atoms with van der Waals surface area (Å²) in [6, 6.07) is 10.7. The van der Waals surface area contributed by atoms with Crippen LogP contribution in [0.5, 0.6) is 5.75 Å². The lowest BCUT2D eigenvalue weighted by Crippen LogP contribution is -2.28. The first kappa shape index (κ1) is 12.7. The Balaban J connectivity index is 2.42. The maximum absolute atomic E-state index is 12.2. The molecule has 0 radical (unpaired) electrons. The van der Waals surface area contributed by atoms with E-state index in [1.165, 1.54) is 18.2 Å². The van der Waals surface area contributed by atoms with Crippen molar-refractivity contribution >= 4 is 10.1 Å². The molecule has 0 aromatic heterocycles. The molecule has 0 saturated heterocycles. The van der Waals surface area contributed by atoms with E-state index < -0.39 is 15.6 Å². The number of hydrogen-bond acceptors (Lipinski definition) is 3. The first-order chi connectivity index (χ1) is 8.31. The molecule has 0 saturated carbocycles. The number of hydrogen-bond donors (Lipinski definition) is 0. The number of fused-ring (bicyclic) bond motifs is 1. The summed E-state index contributed by atoms with van der Waals surface area (Å²) in [6.07, 6.45) is 0. The Labute approximate surface area is 101 Å². The SMILES string of the molecule is O=S(=O)(Oc1ccc2cccccc1-2)C(F)(F)F. The highest BCUT2D eigenvalue weighted by Gasteiger charge is 2.48. The lowest BCUT2D eigenvalue weighted by molar-refractivity contribution is -0.0499. The zero-order valence-electron chi connectivity index (χ0n) is 8.81. The van der Waals surface area contributed by atoms with Crippen LogP contribution >= 0.6 is 0 Å². The predicted molar refractivity (Wildman–Crippen MR) is 58.7 cm³/mol. The molecule has 96 valence electrons. The van der Waals surface area contributed by atoms with Crippen LogP contribution in [0.25, 0.3) is 11.1 Å². The molecule has 2 aliphatic carbocycles. The summed E-state index contributed by atoms with van der Waals surface area (Å²) < 4.78 is 62.5. The van der Waals surface area contributed by atoms with Gasteiger partial charge in [0.25, 0.3) is 0 Å². The van der Waals surface area contributed by atoms with E-state index in [1.807, 2.05) is 0 Å². The second-order valence-electron chi connectivity index (χ2n) is 3.46. The van der Waals surface area contributed by atoms with Crippen molar-refractivity contribution < 1.29 is 25.8 Å². The summed E-state index contributed by atoms with van der Waals surface area (Å²) >= 11 is 0. The fourth-order valence-electron chi connectivity index (χ4n) is 1.42. The molecule has 0 heterocycles. The molecule has 0 aliphatic heterocycles. The third-order valence-corrected chi connectivity index (χ3v) is 3.20. The van der Waals surface area contributed by atoms with Gasteiger partial charge in [-0.25, -0.2) is 0 Å². The van der Waals surface area contributed by atoms with E-state index in [9.17, 15) is 21.6 Å². The van der Waals surface area contributed by atoms with E-state index in [0.29, 0.717) is 11.1 Å². The Bertz CT molecular complexity index is 634. The molecule has 0 spiro atoms. The van der Waals surface area contributed by atoms with Crippen molar-refractivity contribution in [1.82, 2.24) is 0 Å². The van der Waals surface area contributed by atoms with Crippen LogP contribution in [0, 0.1) is 0 Å². The van der Waals surface area contributed by atoms with Crippen molar-refractivity contribution in [3.8, 4) is 16.9 Å². The number of rotatable bonds is 2. The molecule has 7 heteroatoms. The van der Waals surface area contributed by atoms with Gasteiger partial charge in [-0.3, -0.25) is 0 Å². The summed E-state index contributed by atoms with van der Waals surface area (Å²) in [4.78, 5) is 0. The molecule has 0 fully saturated rings. The number of halogens is 3. The molecule has 0 atom stereocenters. The van der Waals surface area contributed by atoms with E-state index >= 15 is 0 Å². The van der Waals surface area contributed by atoms with Crippen LogP contribution in [0.4, 0.5) is 13.2 Å². The largest absolute Gasteiger partial charge is 0.534 e. The third-order valence-electron chi connectivity index (χ3n) is 2.23. The maximum Gasteiger partial charge on any atom is 0.534 e. The van der Waals surface area contributed by atoms with Gasteiger partial charge in [0.15, 0.2) is 5.75 Å². The van der Waals surface area contributed by atoms with E-state index in [1.54, 1.807) is 24.3 Å². The van der Waals surface area contributed by atoms with Crippen molar-refractivity contribution in [3.63, 3.8) is 0 Å². The molecule has 2 aliphatic rings. The van der Waals surface area contributed by atoms with Gasteiger partial charge in [-0.1, -0.05) is 36.4 Å². The quantitative estimate of drug-likeness (QED) is 0.625. The average Bonchev–Trinajstić information content (AvgIpc) is 2.48. The monoisotopic (exact) mass is 276 g/mol. The van der Waals surface area contributed by atoms with Crippen molar-refractivity contribution in [1.29, 1.82) is 0 Å². The van der Waals surface area contributed by atoms with Gasteiger partial charge >= 0.3 is 15.6 Å². The maximum atomic E-state index is 12.2. The Morgan fingerprint density at radius 1 is 0.944 bits per heavy atom. The zero-order chi connectivity index (χ0) is 13.4. The molecule has 0 aromatic carbocycles. The van der Waals surface area contributed by atoms with Gasteiger partial charge in [0.05, 0.1) is 0 Å². The Hall–Kier alpha value is -1.76. The second kappa shape index (κ2) is 4.16. The summed E-state index contributed by atoms with van der Waals surface area (Å²) in [6.45, 7) is 0. The Morgan fingerprint density at radius 2 is 1.61 bits per heavy atom. The summed E-state index contributed by atoms with van der Waals surface area (Å²) in [5.41, 5.74) is -4.55. The van der Waals surface area contributed by atoms with Gasteiger partial charge in [-0.15, -0.1) is 0 Å². The molecule has 0 aromatic rings. The lowest BCUT2D eigenvalue weighted by atomic mass is 10.2. The van der Waals surface area contributed by atoms with Crippen LogP contribution in [0.2, 0.25) is 0 Å². The zero-order valence-corrected chi connectivity index (χ0v) is 9.62. The lowest BCUT2D eigenvalue weighted by Gasteiger charge is -2.09. The van der Waals surface area contributed by atoms with Crippen LogP contribution in [0.1, 0.15) is 0 Å². The summed E-state index contributed by atoms with van der Waals surface area (Å²) in [7, 11) is -5.63. The molecular formula is C11H7F3O3S. The topological polar surface area (TPSA) is 43.4 Å². The highest BCUT2D eigenvalue weighted by Crippen LogP contribution is 2.36. The van der Waals surface area contributed by atoms with Crippen molar-refractivity contribution in [3.05, 3.63) is 42.5 Å². The Kier molecular flexibility index (Phi) is 2.94. The molecule has 0 amide bonds.